The first-order valence-corrected chi connectivity index (χ1v) is 5.90. The van der Waals surface area contributed by atoms with E-state index in [2.05, 4.69) is 12.6 Å². The molecule has 0 heterocycles. The van der Waals surface area contributed by atoms with Crippen molar-refractivity contribution in [2.75, 3.05) is 19.0 Å². The number of hydrogen-bond acceptors (Lipinski definition) is 2. The van der Waals surface area contributed by atoms with Gasteiger partial charge in [-0.05, 0) is 18.6 Å². The van der Waals surface area contributed by atoms with Crippen LogP contribution in [-0.4, -0.2) is 31.3 Å². The molecule has 0 aromatic carbocycles. The van der Waals surface area contributed by atoms with Gasteiger partial charge in [0.2, 0.25) is 0 Å². The van der Waals surface area contributed by atoms with Crippen LogP contribution in [0.25, 0.3) is 0 Å². The van der Waals surface area contributed by atoms with E-state index in [1.807, 2.05) is 0 Å². The minimum Gasteiger partial charge on any atom is -0.374 e. The van der Waals surface area contributed by atoms with E-state index in [9.17, 15) is 17.6 Å². The van der Waals surface area contributed by atoms with E-state index in [-0.39, 0.29) is 12.0 Å². The molecule has 0 saturated heterocycles. The van der Waals surface area contributed by atoms with Crippen LogP contribution < -0.4 is 0 Å². The van der Waals surface area contributed by atoms with Crippen LogP contribution in [0.2, 0.25) is 0 Å². The molecule has 1 saturated carbocycles. The van der Waals surface area contributed by atoms with Gasteiger partial charge in [0.15, 0.2) is 0 Å². The molecule has 1 rings (SSSR count). The number of rotatable bonds is 6. The van der Waals surface area contributed by atoms with Crippen LogP contribution in [0.3, 0.4) is 0 Å². The van der Waals surface area contributed by atoms with Gasteiger partial charge in [-0.2, -0.15) is 21.4 Å². The summed E-state index contributed by atoms with van der Waals surface area (Å²) in [6.07, 6.45) is 0.126. The van der Waals surface area contributed by atoms with E-state index in [1.54, 1.807) is 0 Å². The Balaban J connectivity index is 2.34. The highest BCUT2D eigenvalue weighted by Gasteiger charge is 2.42. The fourth-order valence-electron chi connectivity index (χ4n) is 1.94. The first-order chi connectivity index (χ1) is 7.42. The van der Waals surface area contributed by atoms with Crippen molar-refractivity contribution in [3.63, 3.8) is 0 Å². The molecule has 0 spiro atoms. The summed E-state index contributed by atoms with van der Waals surface area (Å²) < 4.78 is 53.6. The smallest absolute Gasteiger partial charge is 0.330 e. The molecule has 1 fully saturated rings. The summed E-state index contributed by atoms with van der Waals surface area (Å²) in [5.74, 6) is -3.50. The Morgan fingerprint density at radius 2 is 1.81 bits per heavy atom. The molecular weight excluding hydrogens is 244 g/mol. The molecular formula is C10H16F4OS. The number of ether oxygens (including phenoxy) is 1. The Hall–Kier alpha value is 0.0300. The average Bonchev–Trinajstić information content (AvgIpc) is 2.67. The van der Waals surface area contributed by atoms with Crippen LogP contribution in [0.5, 0.6) is 0 Å². The van der Waals surface area contributed by atoms with Gasteiger partial charge < -0.3 is 4.74 Å². The SMILES string of the molecule is FC(F)C(F)(F)COCC1(CS)CCCC1. The topological polar surface area (TPSA) is 9.23 Å². The molecule has 0 unspecified atom stereocenters. The lowest BCUT2D eigenvalue weighted by Gasteiger charge is -2.27. The van der Waals surface area contributed by atoms with Crippen LogP contribution in [0.1, 0.15) is 25.7 Å². The second kappa shape index (κ2) is 5.58. The zero-order valence-electron chi connectivity index (χ0n) is 8.89. The summed E-state index contributed by atoms with van der Waals surface area (Å²) in [7, 11) is 0. The summed E-state index contributed by atoms with van der Waals surface area (Å²) >= 11 is 4.17. The third-order valence-corrected chi connectivity index (χ3v) is 3.69. The minimum absolute atomic E-state index is 0.0960. The van der Waals surface area contributed by atoms with Crippen molar-refractivity contribution in [1.29, 1.82) is 0 Å². The van der Waals surface area contributed by atoms with Crippen molar-refractivity contribution in [1.82, 2.24) is 0 Å². The van der Waals surface area contributed by atoms with Crippen LogP contribution >= 0.6 is 12.6 Å². The normalized spacial score (nSPS) is 20.6. The predicted molar refractivity (Wildman–Crippen MR) is 56.5 cm³/mol. The Labute approximate surface area is 97.9 Å². The average molecular weight is 260 g/mol. The molecule has 0 aromatic heterocycles. The molecule has 96 valence electrons. The fraction of sp³-hybridized carbons (Fsp3) is 1.00. The van der Waals surface area contributed by atoms with Gasteiger partial charge in [0.1, 0.15) is 6.61 Å². The lowest BCUT2D eigenvalue weighted by atomic mass is 9.90. The van der Waals surface area contributed by atoms with E-state index in [0.29, 0.717) is 5.75 Å². The molecule has 0 radical (unpaired) electrons. The van der Waals surface area contributed by atoms with Crippen LogP contribution in [0.15, 0.2) is 0 Å². The second-order valence-corrected chi connectivity index (χ2v) is 4.74. The third-order valence-electron chi connectivity index (χ3n) is 3.02. The largest absolute Gasteiger partial charge is 0.374 e. The Kier molecular flexibility index (Phi) is 4.91. The summed E-state index contributed by atoms with van der Waals surface area (Å²) in [4.78, 5) is 0. The van der Waals surface area contributed by atoms with Crippen molar-refractivity contribution in [3.8, 4) is 0 Å². The second-order valence-electron chi connectivity index (χ2n) is 4.42. The molecule has 1 aliphatic carbocycles. The van der Waals surface area contributed by atoms with Gasteiger partial charge in [-0.25, -0.2) is 8.78 Å². The maximum atomic E-state index is 12.6. The van der Waals surface area contributed by atoms with Gasteiger partial charge in [0, 0.05) is 5.41 Å². The molecule has 0 aromatic rings. The van der Waals surface area contributed by atoms with Gasteiger partial charge in [-0.3, -0.25) is 0 Å². The lowest BCUT2D eigenvalue weighted by Crippen LogP contribution is -2.35. The number of thiol groups is 1. The zero-order valence-corrected chi connectivity index (χ0v) is 9.79. The first-order valence-electron chi connectivity index (χ1n) is 5.26. The van der Waals surface area contributed by atoms with Gasteiger partial charge in [-0.1, -0.05) is 12.8 Å². The monoisotopic (exact) mass is 260 g/mol. The molecule has 0 amide bonds. The van der Waals surface area contributed by atoms with Crippen molar-refractivity contribution in [3.05, 3.63) is 0 Å². The van der Waals surface area contributed by atoms with E-state index in [4.69, 9.17) is 4.74 Å². The first kappa shape index (κ1) is 14.1. The fourth-order valence-corrected chi connectivity index (χ4v) is 2.35. The Bertz CT molecular complexity index is 217. The molecule has 0 bridgehead atoms. The maximum Gasteiger partial charge on any atom is 0.330 e. The maximum absolute atomic E-state index is 12.6. The van der Waals surface area contributed by atoms with Gasteiger partial charge in [0.25, 0.3) is 0 Å². The summed E-state index contributed by atoms with van der Waals surface area (Å²) in [6, 6.07) is 0. The standard InChI is InChI=1S/C10H16F4OS/c11-8(12)10(13,14)6-15-5-9(7-16)3-1-2-4-9/h8,16H,1-7H2. The molecule has 6 heteroatoms. The number of halogens is 4. The van der Waals surface area contributed by atoms with Gasteiger partial charge in [-0.15, -0.1) is 0 Å². The molecule has 16 heavy (non-hydrogen) atoms. The third kappa shape index (κ3) is 3.52. The minimum atomic E-state index is -4.05. The summed E-state index contributed by atoms with van der Waals surface area (Å²) in [5.41, 5.74) is -0.193. The van der Waals surface area contributed by atoms with Crippen LogP contribution in [0.4, 0.5) is 17.6 Å². The van der Waals surface area contributed by atoms with E-state index in [0.717, 1.165) is 25.7 Å². The lowest BCUT2D eigenvalue weighted by molar-refractivity contribution is -0.171. The van der Waals surface area contributed by atoms with Gasteiger partial charge in [0.05, 0.1) is 6.61 Å². The van der Waals surface area contributed by atoms with Crippen molar-refractivity contribution in [2.24, 2.45) is 5.41 Å². The summed E-state index contributed by atoms with van der Waals surface area (Å²) in [5, 5.41) is 0. The van der Waals surface area contributed by atoms with E-state index in [1.165, 1.54) is 0 Å². The highest BCUT2D eigenvalue weighted by Crippen LogP contribution is 2.39. The summed E-state index contributed by atoms with van der Waals surface area (Å²) in [6.45, 7) is -1.11. The Morgan fingerprint density at radius 1 is 1.25 bits per heavy atom. The number of hydrogen-bond donors (Lipinski definition) is 1. The highest BCUT2D eigenvalue weighted by molar-refractivity contribution is 7.80. The van der Waals surface area contributed by atoms with Crippen molar-refractivity contribution >= 4 is 12.6 Å². The molecule has 1 aliphatic rings. The highest BCUT2D eigenvalue weighted by atomic mass is 32.1. The van der Waals surface area contributed by atoms with E-state index >= 15 is 0 Å². The Morgan fingerprint density at radius 3 is 2.25 bits per heavy atom. The molecule has 0 atom stereocenters. The van der Waals surface area contributed by atoms with E-state index < -0.39 is 19.0 Å². The molecule has 0 aliphatic heterocycles. The predicted octanol–water partition coefficient (Wildman–Crippen LogP) is 3.39. The van der Waals surface area contributed by atoms with Gasteiger partial charge >= 0.3 is 12.3 Å². The zero-order chi connectivity index (χ0) is 12.2. The quantitative estimate of drug-likeness (QED) is 0.569. The molecule has 1 nitrogen and oxygen atoms in total. The van der Waals surface area contributed by atoms with Crippen LogP contribution in [-0.2, 0) is 4.74 Å². The van der Waals surface area contributed by atoms with Crippen molar-refractivity contribution < 1.29 is 22.3 Å². The molecule has 0 N–H and O–H groups in total. The van der Waals surface area contributed by atoms with Crippen LogP contribution in [0, 0.1) is 5.41 Å². The number of alkyl halides is 4. The van der Waals surface area contributed by atoms with Crippen molar-refractivity contribution in [2.45, 2.75) is 38.0 Å².